The molecule has 1 rings (SSSR count). The molecule has 0 bridgehead atoms. The van der Waals surface area contributed by atoms with Gasteiger partial charge < -0.3 is 10.4 Å². The fourth-order valence-electron chi connectivity index (χ4n) is 1.04. The molecule has 0 heterocycles. The van der Waals surface area contributed by atoms with Gasteiger partial charge in [-0.05, 0) is 31.5 Å². The molecular formula is C11H15F2NO. The molecule has 2 N–H and O–H groups in total. The Hall–Kier alpha value is -1.16. The predicted octanol–water partition coefficient (Wildman–Crippen LogP) is 2.54. The first-order valence-electron chi connectivity index (χ1n) is 4.86. The number of hydrogen-bond donors (Lipinski definition) is 2. The van der Waals surface area contributed by atoms with E-state index in [0.717, 1.165) is 18.2 Å². The van der Waals surface area contributed by atoms with Crippen LogP contribution in [0.3, 0.4) is 0 Å². The molecule has 0 aliphatic carbocycles. The van der Waals surface area contributed by atoms with Gasteiger partial charge in [0.05, 0.1) is 11.3 Å². The van der Waals surface area contributed by atoms with E-state index in [2.05, 4.69) is 5.32 Å². The Morgan fingerprint density at radius 3 is 2.67 bits per heavy atom. The van der Waals surface area contributed by atoms with E-state index in [4.69, 9.17) is 0 Å². The Balaban J connectivity index is 2.69. The predicted molar refractivity (Wildman–Crippen MR) is 55.8 cm³/mol. The Labute approximate surface area is 87.9 Å². The lowest BCUT2D eigenvalue weighted by Gasteiger charge is -2.22. The second kappa shape index (κ2) is 4.57. The maximum Gasteiger partial charge on any atom is 0.146 e. The average Bonchev–Trinajstić information content (AvgIpc) is 2.20. The van der Waals surface area contributed by atoms with E-state index in [-0.39, 0.29) is 12.2 Å². The Kier molecular flexibility index (Phi) is 3.63. The molecule has 1 unspecified atom stereocenters. The van der Waals surface area contributed by atoms with Crippen LogP contribution in [0.25, 0.3) is 0 Å². The topological polar surface area (TPSA) is 32.3 Å². The maximum atomic E-state index is 13.1. The van der Waals surface area contributed by atoms with Crippen molar-refractivity contribution in [2.24, 2.45) is 0 Å². The highest BCUT2D eigenvalue weighted by Gasteiger charge is 2.17. The first-order valence-corrected chi connectivity index (χ1v) is 4.86. The molecule has 1 aromatic carbocycles. The van der Waals surface area contributed by atoms with Crippen molar-refractivity contribution in [2.45, 2.75) is 25.9 Å². The molecule has 2 nitrogen and oxygen atoms in total. The first kappa shape index (κ1) is 11.9. The number of halogens is 2. The summed E-state index contributed by atoms with van der Waals surface area (Å²) < 4.78 is 25.9. The Morgan fingerprint density at radius 2 is 2.07 bits per heavy atom. The van der Waals surface area contributed by atoms with Crippen molar-refractivity contribution in [3.05, 3.63) is 29.8 Å². The summed E-state index contributed by atoms with van der Waals surface area (Å²) in [5.41, 5.74) is -0.845. The van der Waals surface area contributed by atoms with Crippen molar-refractivity contribution in [3.8, 4) is 0 Å². The van der Waals surface area contributed by atoms with Gasteiger partial charge in [-0.25, -0.2) is 8.78 Å². The van der Waals surface area contributed by atoms with Crippen molar-refractivity contribution in [2.75, 3.05) is 11.9 Å². The molecule has 0 spiro atoms. The number of aliphatic hydroxyl groups is 1. The molecule has 84 valence electrons. The van der Waals surface area contributed by atoms with Gasteiger partial charge in [0, 0.05) is 6.54 Å². The minimum atomic E-state index is -0.918. The van der Waals surface area contributed by atoms with Crippen LogP contribution in [0, 0.1) is 11.6 Å². The van der Waals surface area contributed by atoms with Crippen LogP contribution >= 0.6 is 0 Å². The third-order valence-electron chi connectivity index (χ3n) is 2.35. The number of benzene rings is 1. The van der Waals surface area contributed by atoms with Gasteiger partial charge in [0.15, 0.2) is 0 Å². The van der Waals surface area contributed by atoms with Crippen LogP contribution in [0.2, 0.25) is 0 Å². The maximum absolute atomic E-state index is 13.1. The number of hydrogen-bond acceptors (Lipinski definition) is 2. The summed E-state index contributed by atoms with van der Waals surface area (Å²) in [5, 5.41) is 12.3. The van der Waals surface area contributed by atoms with E-state index in [1.165, 1.54) is 0 Å². The quantitative estimate of drug-likeness (QED) is 0.809. The molecule has 0 fully saturated rings. The van der Waals surface area contributed by atoms with Crippen molar-refractivity contribution in [1.29, 1.82) is 0 Å². The molecule has 0 saturated carbocycles. The molecule has 0 amide bonds. The van der Waals surface area contributed by atoms with Crippen LogP contribution in [-0.4, -0.2) is 17.3 Å². The molecule has 0 radical (unpaired) electrons. The van der Waals surface area contributed by atoms with Crippen LogP contribution < -0.4 is 5.32 Å². The standard InChI is InChI=1S/C11H15F2NO/c1-3-11(2,15)7-14-10-6-8(12)4-5-9(10)13/h4-6,14-15H,3,7H2,1-2H3. The van der Waals surface area contributed by atoms with Gasteiger partial charge in [-0.2, -0.15) is 0 Å². The van der Waals surface area contributed by atoms with Crippen molar-refractivity contribution in [1.82, 2.24) is 0 Å². The lowest BCUT2D eigenvalue weighted by molar-refractivity contribution is 0.0697. The van der Waals surface area contributed by atoms with Gasteiger partial charge in [-0.1, -0.05) is 6.92 Å². The van der Waals surface area contributed by atoms with E-state index >= 15 is 0 Å². The molecule has 0 aromatic heterocycles. The summed E-state index contributed by atoms with van der Waals surface area (Å²) in [6.07, 6.45) is 0.539. The molecule has 15 heavy (non-hydrogen) atoms. The van der Waals surface area contributed by atoms with Crippen LogP contribution in [0.1, 0.15) is 20.3 Å². The third-order valence-corrected chi connectivity index (χ3v) is 2.35. The highest BCUT2D eigenvalue weighted by molar-refractivity contribution is 5.45. The van der Waals surface area contributed by atoms with Crippen molar-refractivity contribution in [3.63, 3.8) is 0 Å². The lowest BCUT2D eigenvalue weighted by Crippen LogP contribution is -2.32. The van der Waals surface area contributed by atoms with Crippen molar-refractivity contribution >= 4 is 5.69 Å². The van der Waals surface area contributed by atoms with Gasteiger partial charge >= 0.3 is 0 Å². The van der Waals surface area contributed by atoms with Crippen LogP contribution in [0.5, 0.6) is 0 Å². The SMILES string of the molecule is CCC(C)(O)CNc1cc(F)ccc1F. The third kappa shape index (κ3) is 3.47. The monoisotopic (exact) mass is 215 g/mol. The summed E-state index contributed by atoms with van der Waals surface area (Å²) in [5.74, 6) is -1.03. The molecule has 1 aromatic rings. The lowest BCUT2D eigenvalue weighted by atomic mass is 10.0. The normalized spacial score (nSPS) is 14.7. The minimum absolute atomic E-state index is 0.0729. The number of rotatable bonds is 4. The molecular weight excluding hydrogens is 200 g/mol. The minimum Gasteiger partial charge on any atom is -0.388 e. The number of nitrogens with one attached hydrogen (secondary N) is 1. The average molecular weight is 215 g/mol. The summed E-state index contributed by atoms with van der Waals surface area (Å²) in [7, 11) is 0. The highest BCUT2D eigenvalue weighted by atomic mass is 19.1. The second-order valence-corrected chi connectivity index (χ2v) is 3.83. The van der Waals surface area contributed by atoms with Crippen LogP contribution in [-0.2, 0) is 0 Å². The molecule has 1 atom stereocenters. The zero-order valence-electron chi connectivity index (χ0n) is 8.85. The summed E-state index contributed by atoms with van der Waals surface area (Å²) in [4.78, 5) is 0. The summed E-state index contributed by atoms with van der Waals surface area (Å²) >= 11 is 0. The van der Waals surface area contributed by atoms with Gasteiger partial charge in [-0.15, -0.1) is 0 Å². The van der Waals surface area contributed by atoms with E-state index in [0.29, 0.717) is 6.42 Å². The fourth-order valence-corrected chi connectivity index (χ4v) is 1.04. The second-order valence-electron chi connectivity index (χ2n) is 3.83. The van der Waals surface area contributed by atoms with E-state index in [1.54, 1.807) is 6.92 Å². The summed E-state index contributed by atoms with van der Waals surface area (Å²) in [6.45, 7) is 3.64. The Bertz CT molecular complexity index is 339. The molecule has 4 heteroatoms. The molecule has 0 saturated heterocycles. The number of anilines is 1. The highest BCUT2D eigenvalue weighted by Crippen LogP contribution is 2.17. The fraction of sp³-hybridized carbons (Fsp3) is 0.455. The summed E-state index contributed by atoms with van der Waals surface area (Å²) in [6, 6.07) is 3.18. The molecule has 0 aliphatic heterocycles. The van der Waals surface area contributed by atoms with Crippen LogP contribution in [0.15, 0.2) is 18.2 Å². The van der Waals surface area contributed by atoms with E-state index in [9.17, 15) is 13.9 Å². The zero-order valence-corrected chi connectivity index (χ0v) is 8.85. The van der Waals surface area contributed by atoms with Gasteiger partial charge in [0.25, 0.3) is 0 Å². The first-order chi connectivity index (χ1) is 6.94. The Morgan fingerprint density at radius 1 is 1.40 bits per heavy atom. The largest absolute Gasteiger partial charge is 0.388 e. The van der Waals surface area contributed by atoms with Gasteiger partial charge in [-0.3, -0.25) is 0 Å². The van der Waals surface area contributed by atoms with E-state index in [1.807, 2.05) is 6.92 Å². The van der Waals surface area contributed by atoms with Crippen molar-refractivity contribution < 1.29 is 13.9 Å². The van der Waals surface area contributed by atoms with Gasteiger partial charge in [0.2, 0.25) is 0 Å². The zero-order chi connectivity index (χ0) is 11.5. The smallest absolute Gasteiger partial charge is 0.146 e. The van der Waals surface area contributed by atoms with Crippen LogP contribution in [0.4, 0.5) is 14.5 Å². The van der Waals surface area contributed by atoms with E-state index < -0.39 is 17.2 Å². The van der Waals surface area contributed by atoms with Gasteiger partial charge in [0.1, 0.15) is 11.6 Å². The molecule has 0 aliphatic rings.